The van der Waals surface area contributed by atoms with Crippen molar-refractivity contribution in [3.05, 3.63) is 41.2 Å². The van der Waals surface area contributed by atoms with Gasteiger partial charge in [0.25, 0.3) is 0 Å². The smallest absolute Gasteiger partial charge is 0.130 e. The molecule has 1 nitrogen and oxygen atoms in total. The maximum absolute atomic E-state index is 5.99. The van der Waals surface area contributed by atoms with E-state index in [1.807, 2.05) is 0 Å². The molecule has 1 aromatic rings. The second-order valence-corrected chi connectivity index (χ2v) is 6.15. The number of benzene rings is 1. The molecule has 92 valence electrons. The lowest BCUT2D eigenvalue weighted by Gasteiger charge is -2.27. The van der Waals surface area contributed by atoms with Crippen LogP contribution in [0.15, 0.2) is 30.0 Å². The quantitative estimate of drug-likeness (QED) is 0.681. The summed E-state index contributed by atoms with van der Waals surface area (Å²) in [5.74, 6) is 2.69. The topological polar surface area (TPSA) is 9.23 Å². The second kappa shape index (κ2) is 4.21. The first-order valence-electron chi connectivity index (χ1n) is 6.39. The van der Waals surface area contributed by atoms with Crippen LogP contribution in [0.3, 0.4) is 0 Å². The standard InChI is InChI=1S/C16H22O/c1-11(2)12-6-8-14-13(10-12)7-9-15(17-14)16(3,4)5/h6,8-11H,7H2,1-5H3. The number of hydrogen-bond acceptors (Lipinski definition) is 1. The van der Waals surface area contributed by atoms with Gasteiger partial charge in [-0.25, -0.2) is 0 Å². The van der Waals surface area contributed by atoms with Crippen LogP contribution in [0.1, 0.15) is 51.7 Å². The fraction of sp³-hybridized carbons (Fsp3) is 0.500. The summed E-state index contributed by atoms with van der Waals surface area (Å²) in [4.78, 5) is 0. The molecule has 0 spiro atoms. The summed E-state index contributed by atoms with van der Waals surface area (Å²) in [5, 5.41) is 0. The molecule has 0 saturated carbocycles. The Hall–Kier alpha value is -1.24. The van der Waals surface area contributed by atoms with Crippen LogP contribution in [-0.2, 0) is 6.42 Å². The van der Waals surface area contributed by atoms with E-state index in [4.69, 9.17) is 4.74 Å². The van der Waals surface area contributed by atoms with Crippen LogP contribution < -0.4 is 4.74 Å². The zero-order valence-electron chi connectivity index (χ0n) is 11.5. The summed E-state index contributed by atoms with van der Waals surface area (Å²) >= 11 is 0. The number of fused-ring (bicyclic) bond motifs is 1. The highest BCUT2D eigenvalue weighted by Gasteiger charge is 2.23. The van der Waals surface area contributed by atoms with Crippen LogP contribution >= 0.6 is 0 Å². The third-order valence-electron chi connectivity index (χ3n) is 3.22. The molecule has 1 aliphatic heterocycles. The Balaban J connectivity index is 2.29. The van der Waals surface area contributed by atoms with Gasteiger partial charge in [-0.1, -0.05) is 46.8 Å². The van der Waals surface area contributed by atoms with Crippen molar-refractivity contribution in [2.75, 3.05) is 0 Å². The third-order valence-corrected chi connectivity index (χ3v) is 3.22. The van der Waals surface area contributed by atoms with Crippen molar-refractivity contribution in [3.8, 4) is 5.75 Å². The van der Waals surface area contributed by atoms with E-state index in [-0.39, 0.29) is 5.41 Å². The molecule has 1 heteroatoms. The van der Waals surface area contributed by atoms with E-state index in [1.54, 1.807) is 0 Å². The fourth-order valence-corrected chi connectivity index (χ4v) is 2.04. The average molecular weight is 230 g/mol. The average Bonchev–Trinajstić information content (AvgIpc) is 2.26. The van der Waals surface area contributed by atoms with Crippen LogP contribution in [0.4, 0.5) is 0 Å². The lowest BCUT2D eigenvalue weighted by molar-refractivity contribution is 0.284. The molecule has 0 fully saturated rings. The molecule has 0 aliphatic carbocycles. The number of ether oxygens (including phenoxy) is 1. The van der Waals surface area contributed by atoms with Crippen LogP contribution in [-0.4, -0.2) is 0 Å². The van der Waals surface area contributed by atoms with Crippen molar-refractivity contribution < 1.29 is 4.74 Å². The molecule has 2 rings (SSSR count). The van der Waals surface area contributed by atoms with E-state index in [1.165, 1.54) is 11.1 Å². The number of allylic oxidation sites excluding steroid dienone is 2. The summed E-state index contributed by atoms with van der Waals surface area (Å²) < 4.78 is 5.99. The molecule has 0 bridgehead atoms. The predicted octanol–water partition coefficient (Wildman–Crippen LogP) is 4.67. The van der Waals surface area contributed by atoms with Gasteiger partial charge >= 0.3 is 0 Å². The van der Waals surface area contributed by atoms with E-state index in [2.05, 4.69) is 58.9 Å². The van der Waals surface area contributed by atoms with E-state index in [9.17, 15) is 0 Å². The highest BCUT2D eigenvalue weighted by molar-refractivity contribution is 5.43. The van der Waals surface area contributed by atoms with Gasteiger partial charge in [0, 0.05) is 5.41 Å². The van der Waals surface area contributed by atoms with Crippen LogP contribution in [0, 0.1) is 5.41 Å². The van der Waals surface area contributed by atoms with E-state index >= 15 is 0 Å². The van der Waals surface area contributed by atoms with Crippen LogP contribution in [0.25, 0.3) is 0 Å². The van der Waals surface area contributed by atoms with Gasteiger partial charge in [0.2, 0.25) is 0 Å². The lowest BCUT2D eigenvalue weighted by Crippen LogP contribution is -2.18. The van der Waals surface area contributed by atoms with Gasteiger partial charge in [-0.15, -0.1) is 0 Å². The molecule has 1 aromatic carbocycles. The lowest BCUT2D eigenvalue weighted by atomic mass is 9.90. The Labute approximate surface area is 104 Å². The fourth-order valence-electron chi connectivity index (χ4n) is 2.04. The molecule has 0 aromatic heterocycles. The Morgan fingerprint density at radius 1 is 1.18 bits per heavy atom. The van der Waals surface area contributed by atoms with Crippen molar-refractivity contribution in [3.63, 3.8) is 0 Å². The zero-order chi connectivity index (χ0) is 12.6. The Morgan fingerprint density at radius 3 is 2.47 bits per heavy atom. The molecule has 1 heterocycles. The van der Waals surface area contributed by atoms with E-state index in [0.717, 1.165) is 17.9 Å². The largest absolute Gasteiger partial charge is 0.461 e. The molecule has 1 aliphatic rings. The Morgan fingerprint density at radius 2 is 1.88 bits per heavy atom. The maximum Gasteiger partial charge on any atom is 0.130 e. The van der Waals surface area contributed by atoms with Crippen molar-refractivity contribution in [1.29, 1.82) is 0 Å². The first-order valence-corrected chi connectivity index (χ1v) is 6.39. The molecule has 17 heavy (non-hydrogen) atoms. The highest BCUT2D eigenvalue weighted by Crippen LogP contribution is 2.35. The molecular weight excluding hydrogens is 208 g/mol. The van der Waals surface area contributed by atoms with Gasteiger partial charge in [0.1, 0.15) is 11.5 Å². The molecular formula is C16H22O. The number of hydrogen-bond donors (Lipinski definition) is 0. The van der Waals surface area contributed by atoms with E-state index in [0.29, 0.717) is 5.92 Å². The predicted molar refractivity (Wildman–Crippen MR) is 72.4 cm³/mol. The summed E-state index contributed by atoms with van der Waals surface area (Å²) in [6.07, 6.45) is 3.20. The number of rotatable bonds is 1. The molecule has 0 N–H and O–H groups in total. The van der Waals surface area contributed by atoms with Crippen LogP contribution in [0.5, 0.6) is 5.75 Å². The molecule has 0 unspecified atom stereocenters. The van der Waals surface area contributed by atoms with Gasteiger partial charge in [0.05, 0.1) is 0 Å². The van der Waals surface area contributed by atoms with Gasteiger partial charge in [-0.2, -0.15) is 0 Å². The minimum Gasteiger partial charge on any atom is -0.461 e. The first-order chi connectivity index (χ1) is 7.88. The van der Waals surface area contributed by atoms with Crippen molar-refractivity contribution in [2.24, 2.45) is 5.41 Å². The molecule has 0 atom stereocenters. The van der Waals surface area contributed by atoms with Crippen molar-refractivity contribution in [2.45, 2.75) is 47.0 Å². The second-order valence-electron chi connectivity index (χ2n) is 6.15. The first kappa shape index (κ1) is 12.2. The maximum atomic E-state index is 5.99. The molecule has 0 saturated heterocycles. The molecule has 0 radical (unpaired) electrons. The van der Waals surface area contributed by atoms with Gasteiger partial charge < -0.3 is 4.74 Å². The minimum absolute atomic E-state index is 0.0917. The van der Waals surface area contributed by atoms with Gasteiger partial charge in [0.15, 0.2) is 0 Å². The van der Waals surface area contributed by atoms with Crippen molar-refractivity contribution in [1.82, 2.24) is 0 Å². The van der Waals surface area contributed by atoms with E-state index < -0.39 is 0 Å². The normalized spacial score (nSPS) is 15.3. The summed E-state index contributed by atoms with van der Waals surface area (Å²) in [6, 6.07) is 6.56. The monoisotopic (exact) mass is 230 g/mol. The molecule has 0 amide bonds. The Kier molecular flexibility index (Phi) is 3.03. The zero-order valence-corrected chi connectivity index (χ0v) is 11.5. The van der Waals surface area contributed by atoms with Crippen LogP contribution in [0.2, 0.25) is 0 Å². The Bertz CT molecular complexity index is 447. The summed E-state index contributed by atoms with van der Waals surface area (Å²) in [7, 11) is 0. The van der Waals surface area contributed by atoms with Crippen molar-refractivity contribution >= 4 is 0 Å². The highest BCUT2D eigenvalue weighted by atomic mass is 16.5. The third kappa shape index (κ3) is 2.54. The minimum atomic E-state index is 0.0917. The summed E-state index contributed by atoms with van der Waals surface area (Å²) in [5.41, 5.74) is 2.79. The SMILES string of the molecule is CC(C)c1ccc2c(c1)CC=C(C(C)(C)C)O2. The van der Waals surface area contributed by atoms with Gasteiger partial charge in [-0.05, 0) is 35.6 Å². The summed E-state index contributed by atoms with van der Waals surface area (Å²) in [6.45, 7) is 11.0. The van der Waals surface area contributed by atoms with Gasteiger partial charge in [-0.3, -0.25) is 0 Å².